The highest BCUT2D eigenvalue weighted by Crippen LogP contribution is 2.24. The highest BCUT2D eigenvalue weighted by Gasteiger charge is 2.03. The lowest BCUT2D eigenvalue weighted by Gasteiger charge is -2.08. The fourth-order valence-electron chi connectivity index (χ4n) is 1.28. The lowest BCUT2D eigenvalue weighted by molar-refractivity contribution is -0.143. The predicted molar refractivity (Wildman–Crippen MR) is 67.2 cm³/mol. The maximum atomic E-state index is 11.0. The third-order valence-electron chi connectivity index (χ3n) is 2.06. The molecular formula is C12H16ClNO3. The molecule has 0 aromatic heterocycles. The number of anilines is 1. The van der Waals surface area contributed by atoms with Crippen LogP contribution in [0.2, 0.25) is 5.02 Å². The molecule has 5 heteroatoms. The van der Waals surface area contributed by atoms with Crippen LogP contribution in [0.4, 0.5) is 5.69 Å². The minimum atomic E-state index is -0.208. The Morgan fingerprint density at radius 2 is 2.24 bits per heavy atom. The summed E-state index contributed by atoms with van der Waals surface area (Å²) < 4.78 is 10.2. The summed E-state index contributed by atoms with van der Waals surface area (Å²) in [5.74, 6) is 0.374. The molecule has 1 aromatic carbocycles. The van der Waals surface area contributed by atoms with Crippen LogP contribution >= 0.6 is 11.6 Å². The van der Waals surface area contributed by atoms with E-state index >= 15 is 0 Å². The molecule has 0 saturated heterocycles. The van der Waals surface area contributed by atoms with Gasteiger partial charge in [-0.05, 0) is 31.5 Å². The topological polar surface area (TPSA) is 61.5 Å². The molecule has 0 spiro atoms. The third kappa shape index (κ3) is 4.95. The van der Waals surface area contributed by atoms with E-state index in [-0.39, 0.29) is 5.97 Å². The second kappa shape index (κ2) is 7.01. The predicted octanol–water partition coefficient (Wildman–Crippen LogP) is 2.64. The summed E-state index contributed by atoms with van der Waals surface area (Å²) in [6, 6.07) is 5.04. The average Bonchev–Trinajstić information content (AvgIpc) is 2.27. The smallest absolute Gasteiger partial charge is 0.305 e. The fourth-order valence-corrected chi connectivity index (χ4v) is 1.46. The van der Waals surface area contributed by atoms with Crippen molar-refractivity contribution in [2.45, 2.75) is 19.8 Å². The van der Waals surface area contributed by atoms with Crippen LogP contribution in [0, 0.1) is 0 Å². The van der Waals surface area contributed by atoms with E-state index in [0.29, 0.717) is 42.5 Å². The number of halogens is 1. The molecule has 4 nitrogen and oxygen atoms in total. The van der Waals surface area contributed by atoms with Gasteiger partial charge in [-0.15, -0.1) is 0 Å². The molecule has 1 rings (SSSR count). The van der Waals surface area contributed by atoms with Gasteiger partial charge in [0.1, 0.15) is 5.75 Å². The molecule has 0 amide bonds. The van der Waals surface area contributed by atoms with Gasteiger partial charge in [0, 0.05) is 11.4 Å². The van der Waals surface area contributed by atoms with Gasteiger partial charge < -0.3 is 15.2 Å². The summed E-state index contributed by atoms with van der Waals surface area (Å²) in [7, 11) is 0. The largest absolute Gasteiger partial charge is 0.491 e. The van der Waals surface area contributed by atoms with Crippen LogP contribution in [-0.2, 0) is 9.53 Å². The Kier molecular flexibility index (Phi) is 5.63. The van der Waals surface area contributed by atoms with E-state index in [1.165, 1.54) is 0 Å². The Bertz CT molecular complexity index is 382. The van der Waals surface area contributed by atoms with Gasteiger partial charge in [0.05, 0.1) is 18.9 Å². The van der Waals surface area contributed by atoms with Crippen molar-refractivity contribution < 1.29 is 14.3 Å². The first-order chi connectivity index (χ1) is 8.13. The van der Waals surface area contributed by atoms with E-state index in [2.05, 4.69) is 0 Å². The van der Waals surface area contributed by atoms with Crippen LogP contribution in [0.3, 0.4) is 0 Å². The van der Waals surface area contributed by atoms with Crippen LogP contribution < -0.4 is 10.5 Å². The maximum Gasteiger partial charge on any atom is 0.305 e. The Balaban J connectivity index is 2.29. The summed E-state index contributed by atoms with van der Waals surface area (Å²) in [4.78, 5) is 11.0. The molecule has 0 fully saturated rings. The van der Waals surface area contributed by atoms with Crippen molar-refractivity contribution in [3.05, 3.63) is 23.2 Å². The molecular weight excluding hydrogens is 242 g/mol. The minimum Gasteiger partial charge on any atom is -0.491 e. The minimum absolute atomic E-state index is 0.208. The second-order valence-corrected chi connectivity index (χ2v) is 3.88. The molecule has 94 valence electrons. The number of hydrogen-bond acceptors (Lipinski definition) is 4. The zero-order valence-electron chi connectivity index (χ0n) is 9.74. The highest BCUT2D eigenvalue weighted by atomic mass is 35.5. The first-order valence-corrected chi connectivity index (χ1v) is 5.84. The lowest BCUT2D eigenvalue weighted by atomic mass is 10.3. The molecule has 1 aromatic rings. The summed E-state index contributed by atoms with van der Waals surface area (Å²) in [6.45, 7) is 2.61. The number of benzene rings is 1. The first kappa shape index (κ1) is 13.6. The number of rotatable bonds is 6. The van der Waals surface area contributed by atoms with Crippen LogP contribution in [-0.4, -0.2) is 19.2 Å². The van der Waals surface area contributed by atoms with Gasteiger partial charge in [-0.3, -0.25) is 4.79 Å². The Morgan fingerprint density at radius 1 is 1.47 bits per heavy atom. The Labute approximate surface area is 106 Å². The summed E-state index contributed by atoms with van der Waals surface area (Å²) in [5, 5.41) is 0.571. The average molecular weight is 258 g/mol. The van der Waals surface area contributed by atoms with Gasteiger partial charge in [-0.25, -0.2) is 0 Å². The van der Waals surface area contributed by atoms with E-state index in [1.54, 1.807) is 25.1 Å². The van der Waals surface area contributed by atoms with Crippen LogP contribution in [0.25, 0.3) is 0 Å². The number of nitrogens with two attached hydrogens (primary N) is 1. The molecule has 0 unspecified atom stereocenters. The monoisotopic (exact) mass is 257 g/mol. The Morgan fingerprint density at radius 3 is 2.88 bits per heavy atom. The molecule has 0 aliphatic heterocycles. The normalized spacial score (nSPS) is 10.0. The number of ether oxygens (including phenoxy) is 2. The molecule has 0 heterocycles. The van der Waals surface area contributed by atoms with Crippen LogP contribution in [0.5, 0.6) is 5.75 Å². The third-order valence-corrected chi connectivity index (χ3v) is 2.30. The van der Waals surface area contributed by atoms with E-state index in [1.807, 2.05) is 0 Å². The van der Waals surface area contributed by atoms with Gasteiger partial charge in [-0.2, -0.15) is 0 Å². The zero-order chi connectivity index (χ0) is 12.7. The van der Waals surface area contributed by atoms with Crippen LogP contribution in [0.15, 0.2) is 18.2 Å². The lowest BCUT2D eigenvalue weighted by Crippen LogP contribution is -2.07. The zero-order valence-corrected chi connectivity index (χ0v) is 10.5. The fraction of sp³-hybridized carbons (Fsp3) is 0.417. The van der Waals surface area contributed by atoms with Crippen molar-refractivity contribution in [2.24, 2.45) is 0 Å². The molecule has 2 N–H and O–H groups in total. The molecule has 0 saturated carbocycles. The van der Waals surface area contributed by atoms with E-state index in [0.717, 1.165) is 0 Å². The van der Waals surface area contributed by atoms with Crippen molar-refractivity contribution in [1.29, 1.82) is 0 Å². The molecule has 0 aliphatic rings. The van der Waals surface area contributed by atoms with E-state index < -0.39 is 0 Å². The Hall–Kier alpha value is -1.42. The van der Waals surface area contributed by atoms with Gasteiger partial charge in [0.2, 0.25) is 0 Å². The summed E-state index contributed by atoms with van der Waals surface area (Å²) >= 11 is 5.76. The van der Waals surface area contributed by atoms with E-state index in [9.17, 15) is 4.79 Å². The van der Waals surface area contributed by atoms with Crippen molar-refractivity contribution in [3.63, 3.8) is 0 Å². The van der Waals surface area contributed by atoms with Gasteiger partial charge >= 0.3 is 5.97 Å². The quantitative estimate of drug-likeness (QED) is 0.483. The molecule has 0 bridgehead atoms. The molecule has 0 radical (unpaired) electrons. The van der Waals surface area contributed by atoms with Crippen molar-refractivity contribution in [1.82, 2.24) is 0 Å². The maximum absolute atomic E-state index is 11.0. The summed E-state index contributed by atoms with van der Waals surface area (Å²) in [5.41, 5.74) is 6.20. The summed E-state index contributed by atoms with van der Waals surface area (Å²) in [6.07, 6.45) is 0.947. The number of nitrogen functional groups attached to an aromatic ring is 1. The molecule has 0 atom stereocenters. The van der Waals surface area contributed by atoms with Crippen molar-refractivity contribution in [2.75, 3.05) is 18.9 Å². The van der Waals surface area contributed by atoms with Crippen LogP contribution in [0.1, 0.15) is 19.8 Å². The SMILES string of the molecule is CCOC(=O)CCCOc1ccc(Cl)cc1N. The second-order valence-electron chi connectivity index (χ2n) is 3.44. The van der Waals surface area contributed by atoms with E-state index in [4.69, 9.17) is 26.8 Å². The first-order valence-electron chi connectivity index (χ1n) is 5.47. The standard InChI is InChI=1S/C12H16ClNO3/c1-2-16-12(15)4-3-7-17-11-6-5-9(13)8-10(11)14/h5-6,8H,2-4,7,14H2,1H3. The van der Waals surface area contributed by atoms with Gasteiger partial charge in [0.25, 0.3) is 0 Å². The number of carbonyl (C=O) groups excluding carboxylic acids is 1. The van der Waals surface area contributed by atoms with Gasteiger partial charge in [-0.1, -0.05) is 11.6 Å². The van der Waals surface area contributed by atoms with Gasteiger partial charge in [0.15, 0.2) is 0 Å². The molecule has 17 heavy (non-hydrogen) atoms. The highest BCUT2D eigenvalue weighted by molar-refractivity contribution is 6.30. The van der Waals surface area contributed by atoms with Crippen molar-refractivity contribution in [3.8, 4) is 5.75 Å². The number of carbonyl (C=O) groups is 1. The number of hydrogen-bond donors (Lipinski definition) is 1. The molecule has 0 aliphatic carbocycles. The number of esters is 1. The van der Waals surface area contributed by atoms with Crippen molar-refractivity contribution >= 4 is 23.3 Å².